The minimum Gasteiger partial charge on any atom is -0.389 e. The van der Waals surface area contributed by atoms with E-state index in [9.17, 15) is 30.0 Å². The summed E-state index contributed by atoms with van der Waals surface area (Å²) in [5, 5.41) is 44.9. The first-order valence-corrected chi connectivity index (χ1v) is 9.17. The Balaban J connectivity index is 2.73. The highest BCUT2D eigenvalue weighted by molar-refractivity contribution is 5.87. The van der Waals surface area contributed by atoms with Crippen LogP contribution in [0, 0.1) is 0 Å². The maximum Gasteiger partial charge on any atom is 0.328 e. The second-order valence-corrected chi connectivity index (χ2v) is 6.66. The average molecular weight is 374 g/mol. The molecule has 5 N–H and O–H groups in total. The van der Waals surface area contributed by atoms with Crippen molar-refractivity contribution in [3.05, 3.63) is 0 Å². The lowest BCUT2D eigenvalue weighted by atomic mass is 9.94. The fourth-order valence-electron chi connectivity index (χ4n) is 3.90. The van der Waals surface area contributed by atoms with Crippen LogP contribution < -0.4 is 5.32 Å². The van der Waals surface area contributed by atoms with E-state index in [-0.39, 0.29) is 25.7 Å². The average Bonchev–Trinajstić information content (AvgIpc) is 3.06. The van der Waals surface area contributed by atoms with Crippen molar-refractivity contribution in [2.24, 2.45) is 0 Å². The number of rotatable bonds is 8. The third kappa shape index (κ3) is 2.63. The Bertz CT molecular complexity index is 549. The maximum absolute atomic E-state index is 13.1. The molecule has 4 amide bonds. The van der Waals surface area contributed by atoms with Gasteiger partial charge < -0.3 is 25.7 Å². The molecule has 0 aromatic heterocycles. The van der Waals surface area contributed by atoms with Crippen molar-refractivity contribution < 1.29 is 30.0 Å². The summed E-state index contributed by atoms with van der Waals surface area (Å²) in [7, 11) is 0. The highest BCUT2D eigenvalue weighted by Gasteiger charge is 2.72. The summed E-state index contributed by atoms with van der Waals surface area (Å²) in [6.45, 7) is 6.66. The molecular weight excluding hydrogens is 344 g/mol. The Morgan fingerprint density at radius 1 is 0.885 bits per heavy atom. The van der Waals surface area contributed by atoms with Gasteiger partial charge in [0, 0.05) is 0 Å². The van der Waals surface area contributed by atoms with Crippen LogP contribution in [-0.4, -0.2) is 83.8 Å². The molecule has 0 aromatic carbocycles. The summed E-state index contributed by atoms with van der Waals surface area (Å²) >= 11 is 0. The van der Waals surface area contributed by atoms with Gasteiger partial charge in [0.15, 0.2) is 11.8 Å². The molecular formula is C16H30N4O6. The molecule has 0 aliphatic carbocycles. The van der Waals surface area contributed by atoms with Crippen molar-refractivity contribution in [3.8, 4) is 0 Å². The lowest BCUT2D eigenvalue weighted by Crippen LogP contribution is -2.70. The summed E-state index contributed by atoms with van der Waals surface area (Å²) in [6, 6.07) is -1.38. The van der Waals surface area contributed by atoms with Crippen LogP contribution >= 0.6 is 0 Å². The van der Waals surface area contributed by atoms with Gasteiger partial charge in [0.1, 0.15) is 24.8 Å². The number of carbonyl (C=O) groups excluding carboxylic acids is 2. The van der Waals surface area contributed by atoms with E-state index in [4.69, 9.17) is 0 Å². The van der Waals surface area contributed by atoms with Crippen molar-refractivity contribution >= 4 is 12.1 Å². The zero-order valence-electron chi connectivity index (χ0n) is 15.7. The molecule has 10 nitrogen and oxygen atoms in total. The Hall–Kier alpha value is -1.62. The van der Waals surface area contributed by atoms with Gasteiger partial charge in [0.2, 0.25) is 0 Å². The Labute approximate surface area is 153 Å². The molecule has 0 bridgehead atoms. The van der Waals surface area contributed by atoms with Crippen LogP contribution in [0.1, 0.15) is 53.4 Å². The first kappa shape index (κ1) is 20.7. The number of hydrogen-bond acceptors (Lipinski definition) is 6. The number of amides is 4. The molecule has 0 spiro atoms. The first-order chi connectivity index (χ1) is 12.2. The molecule has 2 fully saturated rings. The van der Waals surface area contributed by atoms with Crippen molar-refractivity contribution in [2.75, 3.05) is 0 Å². The van der Waals surface area contributed by atoms with Crippen LogP contribution in [-0.2, 0) is 0 Å². The largest absolute Gasteiger partial charge is 0.389 e. The van der Waals surface area contributed by atoms with Gasteiger partial charge in [-0.2, -0.15) is 0 Å². The molecule has 2 heterocycles. The molecule has 150 valence electrons. The molecule has 6 unspecified atom stereocenters. The molecule has 26 heavy (non-hydrogen) atoms. The normalized spacial score (nSPS) is 30.3. The Kier molecular flexibility index (Phi) is 6.01. The van der Waals surface area contributed by atoms with Gasteiger partial charge >= 0.3 is 12.1 Å². The Morgan fingerprint density at radius 2 is 1.38 bits per heavy atom. The Morgan fingerprint density at radius 3 is 1.85 bits per heavy atom. The number of hydrogen-bond donors (Lipinski definition) is 5. The molecule has 2 rings (SSSR count). The topological polar surface area (TPSA) is 137 Å². The van der Waals surface area contributed by atoms with Crippen molar-refractivity contribution in [1.82, 2.24) is 20.0 Å². The van der Waals surface area contributed by atoms with Crippen LogP contribution in [0.3, 0.4) is 0 Å². The van der Waals surface area contributed by atoms with Crippen molar-refractivity contribution in [2.45, 2.75) is 90.0 Å². The molecule has 0 radical (unpaired) electrons. The molecule has 2 aliphatic rings. The van der Waals surface area contributed by atoms with Crippen LogP contribution in [0.2, 0.25) is 0 Å². The SMILES string of the molecule is CCC(O)N1C(=O)N(C(O)CC)C2(C(O)CC)C1NC(=O)N2C(O)CC. The molecule has 6 atom stereocenters. The summed E-state index contributed by atoms with van der Waals surface area (Å²) in [4.78, 5) is 28.8. The predicted octanol–water partition coefficient (Wildman–Crippen LogP) is -0.272. The van der Waals surface area contributed by atoms with E-state index in [1.807, 2.05) is 0 Å². The molecule has 10 heteroatoms. The number of nitrogens with zero attached hydrogens (tertiary/aromatic N) is 3. The number of aliphatic hydroxyl groups is 4. The van der Waals surface area contributed by atoms with Gasteiger partial charge in [-0.05, 0) is 25.7 Å². The third-order valence-corrected chi connectivity index (χ3v) is 5.25. The van der Waals surface area contributed by atoms with Crippen LogP contribution in [0.5, 0.6) is 0 Å². The van der Waals surface area contributed by atoms with E-state index >= 15 is 0 Å². The lowest BCUT2D eigenvalue weighted by Gasteiger charge is -2.47. The minimum absolute atomic E-state index is 0.150. The monoisotopic (exact) mass is 374 g/mol. The number of nitrogens with one attached hydrogen (secondary N) is 1. The first-order valence-electron chi connectivity index (χ1n) is 9.17. The second kappa shape index (κ2) is 7.55. The van der Waals surface area contributed by atoms with E-state index in [1.54, 1.807) is 27.7 Å². The fraction of sp³-hybridized carbons (Fsp3) is 0.875. The van der Waals surface area contributed by atoms with E-state index in [0.29, 0.717) is 0 Å². The van der Waals surface area contributed by atoms with Gasteiger partial charge in [-0.1, -0.05) is 27.7 Å². The lowest BCUT2D eigenvalue weighted by molar-refractivity contribution is -0.171. The molecule has 0 saturated carbocycles. The number of carbonyl (C=O) groups is 2. The quantitative estimate of drug-likeness (QED) is 0.397. The summed E-state index contributed by atoms with van der Waals surface area (Å²) in [5.74, 6) is 0. The smallest absolute Gasteiger partial charge is 0.328 e. The number of aliphatic hydroxyl groups excluding tert-OH is 4. The third-order valence-electron chi connectivity index (χ3n) is 5.25. The van der Waals surface area contributed by atoms with E-state index in [0.717, 1.165) is 14.7 Å². The summed E-state index contributed by atoms with van der Waals surface area (Å²) in [6.07, 6.45) is -5.50. The van der Waals surface area contributed by atoms with Gasteiger partial charge in [0.05, 0.1) is 0 Å². The fourth-order valence-corrected chi connectivity index (χ4v) is 3.90. The summed E-state index contributed by atoms with van der Waals surface area (Å²) < 4.78 is 0. The molecule has 0 aromatic rings. The van der Waals surface area contributed by atoms with Crippen molar-refractivity contribution in [3.63, 3.8) is 0 Å². The highest BCUT2D eigenvalue weighted by atomic mass is 16.3. The van der Waals surface area contributed by atoms with Gasteiger partial charge in [-0.25, -0.2) is 9.59 Å². The second-order valence-electron chi connectivity index (χ2n) is 6.66. The van der Waals surface area contributed by atoms with Gasteiger partial charge in [-0.15, -0.1) is 0 Å². The van der Waals surface area contributed by atoms with Gasteiger partial charge in [-0.3, -0.25) is 14.7 Å². The standard InChI is InChI=1S/C16H30N4O6/c1-5-9(21)16-13(17-14(25)19(16)11(23)7-3)18(10(22)6-2)15(26)20(16)12(24)8-4/h9-13,21-24H,5-8H2,1-4H3,(H,17,25). The highest BCUT2D eigenvalue weighted by Crippen LogP contribution is 2.45. The predicted molar refractivity (Wildman–Crippen MR) is 91.2 cm³/mol. The van der Waals surface area contributed by atoms with E-state index in [1.165, 1.54) is 0 Å². The van der Waals surface area contributed by atoms with Crippen LogP contribution in [0.4, 0.5) is 9.59 Å². The number of urea groups is 2. The zero-order chi connectivity index (χ0) is 19.8. The van der Waals surface area contributed by atoms with Crippen LogP contribution in [0.15, 0.2) is 0 Å². The zero-order valence-corrected chi connectivity index (χ0v) is 15.7. The maximum atomic E-state index is 13.1. The summed E-state index contributed by atoms with van der Waals surface area (Å²) in [5.41, 5.74) is -1.73. The number of fused-ring (bicyclic) bond motifs is 1. The molecule has 2 aliphatic heterocycles. The molecule has 2 saturated heterocycles. The van der Waals surface area contributed by atoms with E-state index in [2.05, 4.69) is 5.32 Å². The van der Waals surface area contributed by atoms with Gasteiger partial charge in [0.25, 0.3) is 0 Å². The van der Waals surface area contributed by atoms with E-state index < -0.39 is 48.7 Å². The van der Waals surface area contributed by atoms with Crippen molar-refractivity contribution in [1.29, 1.82) is 0 Å². The van der Waals surface area contributed by atoms with Crippen LogP contribution in [0.25, 0.3) is 0 Å². The minimum atomic E-state index is -1.73.